The van der Waals surface area contributed by atoms with Crippen molar-refractivity contribution in [3.63, 3.8) is 0 Å². The topological polar surface area (TPSA) is 93.1 Å². The zero-order valence-electron chi connectivity index (χ0n) is 17.9. The molecule has 1 aliphatic heterocycles. The predicted molar refractivity (Wildman–Crippen MR) is 125 cm³/mol. The first-order chi connectivity index (χ1) is 14.7. The Balaban J connectivity index is 1.55. The van der Waals surface area contributed by atoms with Gasteiger partial charge < -0.3 is 9.64 Å². The first-order valence-electron chi connectivity index (χ1n) is 10.6. The van der Waals surface area contributed by atoms with E-state index in [0.717, 1.165) is 35.9 Å². The Bertz CT molecular complexity index is 1320. The van der Waals surface area contributed by atoms with E-state index in [1.54, 1.807) is 13.1 Å². The maximum Gasteiger partial charge on any atom is 0.290 e. The molecule has 0 radical (unpaired) electrons. The van der Waals surface area contributed by atoms with Gasteiger partial charge in [-0.05, 0) is 65.8 Å². The molecule has 0 spiro atoms. The summed E-state index contributed by atoms with van der Waals surface area (Å²) >= 11 is 0. The molecule has 31 heavy (non-hydrogen) atoms. The van der Waals surface area contributed by atoms with Gasteiger partial charge in [-0.15, -0.1) is 0 Å². The highest BCUT2D eigenvalue weighted by atomic mass is 32.2. The van der Waals surface area contributed by atoms with Crippen molar-refractivity contribution in [2.75, 3.05) is 29.5 Å². The van der Waals surface area contributed by atoms with Crippen molar-refractivity contribution in [2.24, 2.45) is 7.05 Å². The van der Waals surface area contributed by atoms with Crippen LogP contribution in [0.5, 0.6) is 5.75 Å². The second-order valence-electron chi connectivity index (χ2n) is 8.89. The van der Waals surface area contributed by atoms with E-state index in [9.17, 15) is 9.00 Å². The van der Waals surface area contributed by atoms with Crippen LogP contribution in [0.2, 0.25) is 0 Å². The number of aromatic amines is 1. The second-order valence-corrected chi connectivity index (χ2v) is 11.6. The smallest absolute Gasteiger partial charge is 0.290 e. The lowest BCUT2D eigenvalue weighted by Gasteiger charge is -2.22. The van der Waals surface area contributed by atoms with Crippen LogP contribution in [0.3, 0.4) is 0 Å². The number of nitrogens with zero attached hydrogens (tertiary/aromatic N) is 4. The molecular weight excluding hydrogens is 414 g/mol. The Morgan fingerprint density at radius 2 is 2.03 bits per heavy atom. The van der Waals surface area contributed by atoms with Gasteiger partial charge in [-0.1, -0.05) is 0 Å². The Labute approximate surface area is 181 Å². The van der Waals surface area contributed by atoms with Crippen molar-refractivity contribution < 1.29 is 8.95 Å². The third kappa shape index (κ3) is 3.94. The maximum atomic E-state index is 12.9. The van der Waals surface area contributed by atoms with E-state index in [2.05, 4.69) is 28.1 Å². The molecule has 1 aliphatic carbocycles. The molecular formula is C22H27N5O3S. The van der Waals surface area contributed by atoms with Gasteiger partial charge in [0, 0.05) is 37.0 Å². The number of aryl methyl sites for hydroxylation is 1. The number of anilines is 1. The third-order valence-electron chi connectivity index (χ3n) is 6.16. The summed E-state index contributed by atoms with van der Waals surface area (Å²) in [7, 11) is -0.430. The number of hydrogen-bond acceptors (Lipinski definition) is 6. The highest BCUT2D eigenvalue weighted by molar-refractivity contribution is 8.00. The van der Waals surface area contributed by atoms with Crippen LogP contribution < -0.4 is 15.2 Å². The number of fused-ring (bicyclic) bond motifs is 1. The largest absolute Gasteiger partial charge is 0.488 e. The first-order valence-corrected chi connectivity index (χ1v) is 12.6. The summed E-state index contributed by atoms with van der Waals surface area (Å²) in [6.07, 6.45) is 2.86. The fourth-order valence-corrected chi connectivity index (χ4v) is 5.41. The van der Waals surface area contributed by atoms with Crippen LogP contribution >= 0.6 is 0 Å². The molecule has 0 bridgehead atoms. The van der Waals surface area contributed by atoms with E-state index < -0.39 is 9.52 Å². The van der Waals surface area contributed by atoms with Gasteiger partial charge in [0.15, 0.2) is 0 Å². The van der Waals surface area contributed by atoms with Crippen LogP contribution in [0.25, 0.3) is 22.3 Å². The summed E-state index contributed by atoms with van der Waals surface area (Å²) in [6.45, 7) is 3.32. The molecule has 2 fully saturated rings. The Morgan fingerprint density at radius 3 is 2.81 bits per heavy atom. The van der Waals surface area contributed by atoms with Crippen LogP contribution in [0.1, 0.15) is 26.2 Å². The quantitative estimate of drug-likeness (QED) is 0.624. The number of nitrogens with one attached hydrogen (secondary N) is 1. The fraction of sp³-hybridized carbons (Fsp3) is 0.455. The highest BCUT2D eigenvalue weighted by Gasteiger charge is 2.40. The summed E-state index contributed by atoms with van der Waals surface area (Å²) < 4.78 is 19.9. The molecule has 1 saturated carbocycles. The number of ether oxygens (including phenoxy) is 1. The summed E-state index contributed by atoms with van der Waals surface area (Å²) in [5.41, 5.74) is 2.48. The van der Waals surface area contributed by atoms with Crippen molar-refractivity contribution in [3.8, 4) is 17.1 Å². The average molecular weight is 442 g/mol. The molecule has 164 valence electrons. The molecule has 0 amide bonds. The van der Waals surface area contributed by atoms with Crippen LogP contribution in [0, 0.1) is 0 Å². The van der Waals surface area contributed by atoms with E-state index in [4.69, 9.17) is 4.74 Å². The molecule has 1 unspecified atom stereocenters. The fourth-order valence-electron chi connectivity index (χ4n) is 4.00. The molecule has 2 aromatic heterocycles. The highest BCUT2D eigenvalue weighted by Crippen LogP contribution is 2.40. The number of rotatable bonds is 4. The van der Waals surface area contributed by atoms with E-state index in [-0.39, 0.29) is 11.2 Å². The molecule has 9 heteroatoms. The lowest BCUT2D eigenvalue weighted by Crippen LogP contribution is -2.34. The molecule has 8 nitrogen and oxygen atoms in total. The summed E-state index contributed by atoms with van der Waals surface area (Å²) in [5, 5.41) is 12.9. The monoisotopic (exact) mass is 441 g/mol. The maximum absolute atomic E-state index is 12.9. The summed E-state index contributed by atoms with van der Waals surface area (Å²) in [5.74, 6) is 5.75. The molecule has 1 atom stereocenters. The number of H-pyrrole nitrogens is 1. The van der Waals surface area contributed by atoms with E-state index in [1.807, 2.05) is 23.1 Å². The third-order valence-corrected chi connectivity index (χ3v) is 8.12. The zero-order chi connectivity index (χ0) is 21.8. The minimum absolute atomic E-state index is 0.0701. The minimum Gasteiger partial charge on any atom is -0.488 e. The SMILES string of the molecule is C=S1(=O)CCCN(c2cc(-c3n[nH]c4ccc(OC5(C)CC5)cc34)nn(C)c2=O)CC1. The van der Waals surface area contributed by atoms with Crippen LogP contribution in [-0.2, 0) is 16.6 Å². The molecule has 3 heterocycles. The standard InChI is InChI=1S/C22H27N5O3S/c1-22(7-8-22)30-15-5-6-17-16(13-15)20(24-23-17)18-14-19(21(28)26(2)25-18)27-9-4-11-31(3,29)12-10-27/h5-6,13-14H,3-4,7-12H2,1-2H3,(H,23,24). The minimum atomic E-state index is -2.08. The van der Waals surface area contributed by atoms with Crippen molar-refractivity contribution >= 4 is 32.0 Å². The van der Waals surface area contributed by atoms with Gasteiger partial charge in [-0.3, -0.25) is 14.1 Å². The van der Waals surface area contributed by atoms with Gasteiger partial charge in [0.25, 0.3) is 5.56 Å². The van der Waals surface area contributed by atoms with Crippen molar-refractivity contribution in [2.45, 2.75) is 31.8 Å². The molecule has 5 rings (SSSR count). The van der Waals surface area contributed by atoms with Crippen LogP contribution in [0.4, 0.5) is 5.69 Å². The number of hydrogen-bond donors (Lipinski definition) is 1. The molecule has 3 aromatic rings. The van der Waals surface area contributed by atoms with Gasteiger partial charge in [0.2, 0.25) is 0 Å². The Kier molecular flexibility index (Phi) is 4.62. The number of aromatic nitrogens is 4. The Hall–Kier alpha value is -2.81. The van der Waals surface area contributed by atoms with Gasteiger partial charge in [0.05, 0.1) is 5.52 Å². The lowest BCUT2D eigenvalue weighted by atomic mass is 10.1. The predicted octanol–water partition coefficient (Wildman–Crippen LogP) is 2.18. The van der Waals surface area contributed by atoms with E-state index in [0.29, 0.717) is 41.7 Å². The van der Waals surface area contributed by atoms with Gasteiger partial charge in [0.1, 0.15) is 28.4 Å². The van der Waals surface area contributed by atoms with Crippen LogP contribution in [0.15, 0.2) is 29.1 Å². The Morgan fingerprint density at radius 1 is 1.23 bits per heavy atom. The molecule has 2 aliphatic rings. The first kappa shape index (κ1) is 20.1. The summed E-state index contributed by atoms with van der Waals surface area (Å²) in [6, 6.07) is 7.67. The van der Waals surface area contributed by atoms with Crippen molar-refractivity contribution in [3.05, 3.63) is 34.6 Å². The number of benzene rings is 1. The summed E-state index contributed by atoms with van der Waals surface area (Å²) in [4.78, 5) is 14.9. The second kappa shape index (κ2) is 7.12. The average Bonchev–Trinajstić information content (AvgIpc) is 3.34. The molecule has 1 N–H and O–H groups in total. The normalized spacial score (nSPS) is 23.0. The van der Waals surface area contributed by atoms with E-state index >= 15 is 0 Å². The van der Waals surface area contributed by atoms with Gasteiger partial charge >= 0.3 is 0 Å². The van der Waals surface area contributed by atoms with E-state index in [1.165, 1.54) is 4.68 Å². The van der Waals surface area contributed by atoms with Crippen LogP contribution in [-0.4, -0.2) is 60.3 Å². The van der Waals surface area contributed by atoms with Crippen molar-refractivity contribution in [1.82, 2.24) is 20.0 Å². The lowest BCUT2D eigenvalue weighted by molar-refractivity contribution is 0.200. The molecule has 1 aromatic carbocycles. The molecule has 1 saturated heterocycles. The van der Waals surface area contributed by atoms with Crippen molar-refractivity contribution in [1.29, 1.82) is 0 Å². The zero-order valence-corrected chi connectivity index (χ0v) is 18.7. The van der Waals surface area contributed by atoms with Gasteiger partial charge in [-0.2, -0.15) is 10.2 Å². The van der Waals surface area contributed by atoms with Gasteiger partial charge in [-0.25, -0.2) is 4.68 Å².